The average Bonchev–Trinajstić information content (AvgIpc) is 2.91. The van der Waals surface area contributed by atoms with E-state index in [0.717, 1.165) is 24.1 Å². The molecule has 92 valence electrons. The molecule has 0 aliphatic heterocycles. The van der Waals surface area contributed by atoms with Crippen LogP contribution in [0.2, 0.25) is 0 Å². The molecule has 0 bridgehead atoms. The highest BCUT2D eigenvalue weighted by Gasteiger charge is 2.23. The molecule has 2 rings (SSSR count). The Balaban J connectivity index is 2.07. The first-order valence-corrected chi connectivity index (χ1v) is 6.27. The molecule has 1 aromatic rings. The second-order valence-electron chi connectivity index (χ2n) is 4.68. The van der Waals surface area contributed by atoms with E-state index in [0.29, 0.717) is 6.04 Å². The van der Waals surface area contributed by atoms with Crippen molar-refractivity contribution in [1.82, 2.24) is 4.90 Å². The normalized spacial score (nSPS) is 15.9. The summed E-state index contributed by atoms with van der Waals surface area (Å²) in [5, 5.41) is 3.05. The molecule has 1 aliphatic carbocycles. The first kappa shape index (κ1) is 12.0. The quantitative estimate of drug-likeness (QED) is 0.869. The summed E-state index contributed by atoms with van der Waals surface area (Å²) >= 11 is 0. The summed E-state index contributed by atoms with van der Waals surface area (Å²) in [6.45, 7) is 0. The largest absolute Gasteiger partial charge is 0.388 e. The van der Waals surface area contributed by atoms with Crippen LogP contribution in [0.4, 0.5) is 5.69 Å². The summed E-state index contributed by atoms with van der Waals surface area (Å²) in [7, 11) is 3.80. The number of nitrogens with zero attached hydrogens (tertiary/aromatic N) is 1. The number of rotatable bonds is 3. The molecule has 17 heavy (non-hydrogen) atoms. The van der Waals surface area contributed by atoms with E-state index in [1.54, 1.807) is 0 Å². The molecule has 0 saturated heterocycles. The van der Waals surface area contributed by atoms with Gasteiger partial charge < -0.3 is 10.2 Å². The van der Waals surface area contributed by atoms with Gasteiger partial charge in [-0.15, -0.1) is 0 Å². The van der Waals surface area contributed by atoms with Gasteiger partial charge in [-0.3, -0.25) is 4.79 Å². The standard InChI is InChI=1S/C14H20N2O/c1-15-12-9-7-11(8-10-12)14(17)16(2)13-5-3-4-6-13/h7-10,13,15H,3-6H2,1-2H3. The molecular weight excluding hydrogens is 212 g/mol. The minimum Gasteiger partial charge on any atom is -0.388 e. The number of amides is 1. The van der Waals surface area contributed by atoms with Crippen LogP contribution in [-0.4, -0.2) is 30.9 Å². The molecule has 0 atom stereocenters. The van der Waals surface area contributed by atoms with Crippen LogP contribution < -0.4 is 5.32 Å². The maximum absolute atomic E-state index is 12.2. The van der Waals surface area contributed by atoms with Crippen molar-refractivity contribution in [3.8, 4) is 0 Å². The monoisotopic (exact) mass is 232 g/mol. The van der Waals surface area contributed by atoms with E-state index >= 15 is 0 Å². The fourth-order valence-electron chi connectivity index (χ4n) is 2.44. The number of benzene rings is 1. The average molecular weight is 232 g/mol. The van der Waals surface area contributed by atoms with Crippen molar-refractivity contribution in [3.63, 3.8) is 0 Å². The van der Waals surface area contributed by atoms with Crippen LogP contribution in [0.15, 0.2) is 24.3 Å². The number of anilines is 1. The second kappa shape index (κ2) is 5.21. The molecule has 1 amide bonds. The van der Waals surface area contributed by atoms with Crippen molar-refractivity contribution in [3.05, 3.63) is 29.8 Å². The Kier molecular flexibility index (Phi) is 3.67. The molecule has 0 radical (unpaired) electrons. The SMILES string of the molecule is CNc1ccc(C(=O)N(C)C2CCCC2)cc1. The third kappa shape index (κ3) is 2.60. The van der Waals surface area contributed by atoms with Crippen LogP contribution in [0.25, 0.3) is 0 Å². The van der Waals surface area contributed by atoms with Gasteiger partial charge in [-0.05, 0) is 37.1 Å². The fourth-order valence-corrected chi connectivity index (χ4v) is 2.44. The third-order valence-corrected chi connectivity index (χ3v) is 3.61. The van der Waals surface area contributed by atoms with Crippen LogP contribution in [-0.2, 0) is 0 Å². The second-order valence-corrected chi connectivity index (χ2v) is 4.68. The Bertz CT molecular complexity index is 380. The summed E-state index contributed by atoms with van der Waals surface area (Å²) < 4.78 is 0. The number of hydrogen-bond donors (Lipinski definition) is 1. The summed E-state index contributed by atoms with van der Waals surface area (Å²) in [5.74, 6) is 0.138. The summed E-state index contributed by atoms with van der Waals surface area (Å²) in [4.78, 5) is 14.1. The van der Waals surface area contributed by atoms with Gasteiger partial charge in [-0.1, -0.05) is 12.8 Å². The maximum Gasteiger partial charge on any atom is 0.253 e. The maximum atomic E-state index is 12.2. The lowest BCUT2D eigenvalue weighted by molar-refractivity contribution is 0.0735. The van der Waals surface area contributed by atoms with E-state index in [1.807, 2.05) is 43.3 Å². The van der Waals surface area contributed by atoms with E-state index in [2.05, 4.69) is 5.32 Å². The van der Waals surface area contributed by atoms with Gasteiger partial charge in [0.15, 0.2) is 0 Å². The Hall–Kier alpha value is -1.51. The topological polar surface area (TPSA) is 32.3 Å². The Morgan fingerprint density at radius 1 is 1.24 bits per heavy atom. The van der Waals surface area contributed by atoms with E-state index in [9.17, 15) is 4.79 Å². The smallest absolute Gasteiger partial charge is 0.253 e. The van der Waals surface area contributed by atoms with Crippen molar-refractivity contribution < 1.29 is 4.79 Å². The van der Waals surface area contributed by atoms with E-state index < -0.39 is 0 Å². The number of hydrogen-bond acceptors (Lipinski definition) is 2. The van der Waals surface area contributed by atoms with Gasteiger partial charge in [0, 0.05) is 31.4 Å². The number of nitrogens with one attached hydrogen (secondary N) is 1. The van der Waals surface area contributed by atoms with Gasteiger partial charge >= 0.3 is 0 Å². The van der Waals surface area contributed by atoms with Crippen molar-refractivity contribution in [2.45, 2.75) is 31.7 Å². The molecule has 0 aromatic heterocycles. The van der Waals surface area contributed by atoms with Gasteiger partial charge in [0.1, 0.15) is 0 Å². The lowest BCUT2D eigenvalue weighted by atomic mass is 10.1. The molecule has 0 heterocycles. The van der Waals surface area contributed by atoms with Crippen LogP contribution in [0.1, 0.15) is 36.0 Å². The number of carbonyl (C=O) groups excluding carboxylic acids is 1. The van der Waals surface area contributed by atoms with Gasteiger partial charge in [0.25, 0.3) is 5.91 Å². The minimum atomic E-state index is 0.138. The lowest BCUT2D eigenvalue weighted by Crippen LogP contribution is -2.35. The highest BCUT2D eigenvalue weighted by atomic mass is 16.2. The van der Waals surface area contributed by atoms with Gasteiger partial charge in [-0.25, -0.2) is 0 Å². The van der Waals surface area contributed by atoms with Gasteiger partial charge in [0.2, 0.25) is 0 Å². The molecule has 1 N–H and O–H groups in total. The lowest BCUT2D eigenvalue weighted by Gasteiger charge is -2.24. The highest BCUT2D eigenvalue weighted by molar-refractivity contribution is 5.94. The summed E-state index contributed by atoms with van der Waals surface area (Å²) in [6.07, 6.45) is 4.80. The molecule has 0 spiro atoms. The first-order chi connectivity index (χ1) is 8.22. The van der Waals surface area contributed by atoms with Gasteiger partial charge in [0.05, 0.1) is 0 Å². The highest BCUT2D eigenvalue weighted by Crippen LogP contribution is 2.23. The Labute approximate surface area is 103 Å². The van der Waals surface area contributed by atoms with Crippen molar-refractivity contribution >= 4 is 11.6 Å². The first-order valence-electron chi connectivity index (χ1n) is 6.27. The zero-order valence-corrected chi connectivity index (χ0v) is 10.6. The van der Waals surface area contributed by atoms with Crippen LogP contribution in [0, 0.1) is 0 Å². The van der Waals surface area contributed by atoms with Crippen molar-refractivity contribution in [2.75, 3.05) is 19.4 Å². The van der Waals surface area contributed by atoms with Gasteiger partial charge in [-0.2, -0.15) is 0 Å². The van der Waals surface area contributed by atoms with Crippen LogP contribution in [0.3, 0.4) is 0 Å². The van der Waals surface area contributed by atoms with E-state index in [1.165, 1.54) is 12.8 Å². The molecule has 1 fully saturated rings. The van der Waals surface area contributed by atoms with Crippen LogP contribution in [0.5, 0.6) is 0 Å². The van der Waals surface area contributed by atoms with Crippen molar-refractivity contribution in [1.29, 1.82) is 0 Å². The number of carbonyl (C=O) groups is 1. The molecule has 1 aromatic carbocycles. The van der Waals surface area contributed by atoms with E-state index in [-0.39, 0.29) is 5.91 Å². The molecule has 3 heteroatoms. The zero-order chi connectivity index (χ0) is 12.3. The van der Waals surface area contributed by atoms with Crippen molar-refractivity contribution in [2.24, 2.45) is 0 Å². The summed E-state index contributed by atoms with van der Waals surface area (Å²) in [6, 6.07) is 8.09. The molecule has 3 nitrogen and oxygen atoms in total. The Morgan fingerprint density at radius 3 is 2.35 bits per heavy atom. The summed E-state index contributed by atoms with van der Waals surface area (Å²) in [5.41, 5.74) is 1.81. The molecular formula is C14H20N2O. The third-order valence-electron chi connectivity index (χ3n) is 3.61. The fraction of sp³-hybridized carbons (Fsp3) is 0.500. The minimum absolute atomic E-state index is 0.138. The zero-order valence-electron chi connectivity index (χ0n) is 10.6. The van der Waals surface area contributed by atoms with Crippen LogP contribution >= 0.6 is 0 Å². The molecule has 1 aliphatic rings. The predicted molar refractivity (Wildman–Crippen MR) is 70.3 cm³/mol. The molecule has 1 saturated carbocycles. The van der Waals surface area contributed by atoms with E-state index in [4.69, 9.17) is 0 Å². The molecule has 0 unspecified atom stereocenters. The Morgan fingerprint density at radius 2 is 1.82 bits per heavy atom. The predicted octanol–water partition coefficient (Wildman–Crippen LogP) is 2.74.